The number of sulfonamides is 1. The van der Waals surface area contributed by atoms with Crippen molar-refractivity contribution >= 4 is 50.7 Å². The molecule has 5 rings (SSSR count). The summed E-state index contributed by atoms with van der Waals surface area (Å²) in [5, 5.41) is 3.75. The molecule has 0 spiro atoms. The Balaban J connectivity index is 1.59. The van der Waals surface area contributed by atoms with E-state index < -0.39 is 34.3 Å². The molecule has 11 heteroatoms. The Bertz CT molecular complexity index is 1780. The molecule has 4 aromatic rings. The van der Waals surface area contributed by atoms with Gasteiger partial charge in [0.25, 0.3) is 10.0 Å². The molecule has 246 valence electrons. The predicted molar refractivity (Wildman–Crippen MR) is 183 cm³/mol. The molecule has 1 atom stereocenters. The van der Waals surface area contributed by atoms with Crippen molar-refractivity contribution < 1.29 is 22.4 Å². The van der Waals surface area contributed by atoms with E-state index in [4.69, 9.17) is 23.2 Å². The zero-order valence-corrected chi connectivity index (χ0v) is 28.2. The number of hydrogen-bond acceptors (Lipinski definition) is 4. The number of nitrogens with zero attached hydrogens (tertiary/aromatic N) is 2. The van der Waals surface area contributed by atoms with Gasteiger partial charge >= 0.3 is 0 Å². The third kappa shape index (κ3) is 8.52. The Kier molecular flexibility index (Phi) is 11.2. The van der Waals surface area contributed by atoms with Crippen LogP contribution in [0.5, 0.6) is 0 Å². The zero-order valence-electron chi connectivity index (χ0n) is 25.9. The van der Waals surface area contributed by atoms with Gasteiger partial charge in [-0.3, -0.25) is 13.9 Å². The lowest BCUT2D eigenvalue weighted by atomic mass is 10.0. The Labute approximate surface area is 285 Å². The number of amides is 2. The van der Waals surface area contributed by atoms with Gasteiger partial charge in [0, 0.05) is 34.6 Å². The van der Waals surface area contributed by atoms with E-state index in [-0.39, 0.29) is 35.5 Å². The minimum Gasteiger partial charge on any atom is -0.352 e. The van der Waals surface area contributed by atoms with E-state index in [1.807, 2.05) is 37.3 Å². The molecule has 7 nitrogen and oxygen atoms in total. The SMILES string of the molecule is Cc1ccc(N(CC(=O)N(Cc2c(Cl)cccc2Cl)[C@@H](Cc2ccccc2)C(=O)NC2CCCC2)S(=O)(=O)c2ccc(F)cc2)cc1. The molecular formula is C36H36Cl2FN3O4S. The van der Waals surface area contributed by atoms with Gasteiger partial charge in [0.05, 0.1) is 10.6 Å². The highest BCUT2D eigenvalue weighted by Crippen LogP contribution is 2.29. The number of carbonyl (C=O) groups excluding carboxylic acids is 2. The molecule has 0 heterocycles. The second-order valence-electron chi connectivity index (χ2n) is 11.7. The van der Waals surface area contributed by atoms with E-state index in [9.17, 15) is 22.4 Å². The number of hydrogen-bond donors (Lipinski definition) is 1. The van der Waals surface area contributed by atoms with Crippen LogP contribution in [-0.4, -0.2) is 43.8 Å². The molecule has 1 aliphatic rings. The second-order valence-corrected chi connectivity index (χ2v) is 14.4. The van der Waals surface area contributed by atoms with Crippen LogP contribution in [0.4, 0.5) is 10.1 Å². The number of anilines is 1. The molecule has 0 aliphatic heterocycles. The van der Waals surface area contributed by atoms with Crippen LogP contribution in [0.25, 0.3) is 0 Å². The lowest BCUT2D eigenvalue weighted by molar-refractivity contribution is -0.140. The highest BCUT2D eigenvalue weighted by atomic mass is 35.5. The van der Waals surface area contributed by atoms with Crippen molar-refractivity contribution in [2.24, 2.45) is 0 Å². The minimum absolute atomic E-state index is 0.0236. The molecule has 1 fully saturated rings. The van der Waals surface area contributed by atoms with E-state index in [0.29, 0.717) is 15.6 Å². The largest absolute Gasteiger partial charge is 0.352 e. The van der Waals surface area contributed by atoms with Crippen LogP contribution in [0.2, 0.25) is 10.0 Å². The average molecular weight is 697 g/mol. The van der Waals surface area contributed by atoms with Crippen LogP contribution in [0.1, 0.15) is 42.4 Å². The average Bonchev–Trinajstić information content (AvgIpc) is 3.57. The molecule has 1 aliphatic carbocycles. The Morgan fingerprint density at radius 2 is 1.49 bits per heavy atom. The van der Waals surface area contributed by atoms with Gasteiger partial charge in [-0.25, -0.2) is 12.8 Å². The van der Waals surface area contributed by atoms with Crippen molar-refractivity contribution in [3.8, 4) is 0 Å². The summed E-state index contributed by atoms with van der Waals surface area (Å²) < 4.78 is 43.0. The maximum atomic E-state index is 14.6. The highest BCUT2D eigenvalue weighted by molar-refractivity contribution is 7.92. The van der Waals surface area contributed by atoms with Gasteiger partial charge in [0.15, 0.2) is 0 Å². The maximum Gasteiger partial charge on any atom is 0.264 e. The van der Waals surface area contributed by atoms with Gasteiger partial charge in [-0.15, -0.1) is 0 Å². The first kappa shape index (κ1) is 34.4. The van der Waals surface area contributed by atoms with Crippen LogP contribution in [0.15, 0.2) is 102 Å². The highest BCUT2D eigenvalue weighted by Gasteiger charge is 2.36. The quantitative estimate of drug-likeness (QED) is 0.168. The number of rotatable bonds is 12. The van der Waals surface area contributed by atoms with E-state index in [1.165, 1.54) is 4.90 Å². The first-order chi connectivity index (χ1) is 22.5. The number of nitrogens with one attached hydrogen (secondary N) is 1. The summed E-state index contributed by atoms with van der Waals surface area (Å²) in [4.78, 5) is 29.9. The fraction of sp³-hybridized carbons (Fsp3) is 0.278. The van der Waals surface area contributed by atoms with Crippen molar-refractivity contribution in [2.75, 3.05) is 10.8 Å². The maximum absolute atomic E-state index is 14.6. The van der Waals surface area contributed by atoms with Gasteiger partial charge < -0.3 is 10.2 Å². The first-order valence-corrected chi connectivity index (χ1v) is 17.6. The third-order valence-electron chi connectivity index (χ3n) is 8.37. The smallest absolute Gasteiger partial charge is 0.264 e. The monoisotopic (exact) mass is 695 g/mol. The molecule has 0 saturated heterocycles. The normalized spacial score (nSPS) is 14.0. The lowest BCUT2D eigenvalue weighted by Crippen LogP contribution is -2.54. The fourth-order valence-electron chi connectivity index (χ4n) is 5.75. The Morgan fingerprint density at radius 3 is 2.11 bits per heavy atom. The van der Waals surface area contributed by atoms with Crippen molar-refractivity contribution in [1.82, 2.24) is 10.2 Å². The van der Waals surface area contributed by atoms with Crippen LogP contribution in [0.3, 0.4) is 0 Å². The summed E-state index contributed by atoms with van der Waals surface area (Å²) >= 11 is 13.2. The van der Waals surface area contributed by atoms with Gasteiger partial charge in [0.2, 0.25) is 11.8 Å². The van der Waals surface area contributed by atoms with Gasteiger partial charge in [-0.2, -0.15) is 0 Å². The molecule has 0 bridgehead atoms. The summed E-state index contributed by atoms with van der Waals surface area (Å²) in [5.74, 6) is -1.59. The summed E-state index contributed by atoms with van der Waals surface area (Å²) in [7, 11) is -4.36. The van der Waals surface area contributed by atoms with E-state index in [0.717, 1.165) is 65.4 Å². The number of benzene rings is 4. The topological polar surface area (TPSA) is 86.8 Å². The first-order valence-electron chi connectivity index (χ1n) is 15.4. The summed E-state index contributed by atoms with van der Waals surface area (Å²) in [6.07, 6.45) is 3.84. The van der Waals surface area contributed by atoms with Crippen molar-refractivity contribution in [1.29, 1.82) is 0 Å². The molecule has 47 heavy (non-hydrogen) atoms. The molecule has 0 radical (unpaired) electrons. The molecule has 2 amide bonds. The van der Waals surface area contributed by atoms with E-state index in [1.54, 1.807) is 42.5 Å². The number of halogens is 3. The fourth-order valence-corrected chi connectivity index (χ4v) is 7.68. The minimum atomic E-state index is -4.36. The van der Waals surface area contributed by atoms with Crippen LogP contribution in [0, 0.1) is 12.7 Å². The third-order valence-corrected chi connectivity index (χ3v) is 10.9. The number of aryl methyl sites for hydroxylation is 1. The molecule has 0 aromatic heterocycles. The second kappa shape index (κ2) is 15.3. The van der Waals surface area contributed by atoms with Crippen molar-refractivity contribution in [3.63, 3.8) is 0 Å². The van der Waals surface area contributed by atoms with Gasteiger partial charge in [-0.05, 0) is 73.9 Å². The predicted octanol–water partition coefficient (Wildman–Crippen LogP) is 7.34. The molecule has 0 unspecified atom stereocenters. The van der Waals surface area contributed by atoms with Crippen LogP contribution in [-0.2, 0) is 32.6 Å². The summed E-state index contributed by atoms with van der Waals surface area (Å²) in [5.41, 5.74) is 2.37. The van der Waals surface area contributed by atoms with Crippen molar-refractivity contribution in [3.05, 3.63) is 130 Å². The standard InChI is InChI=1S/C36H36Cl2FN3O4S/c1-25-14-18-29(19-15-25)42(47(45,46)30-20-16-27(39)17-21-30)24-35(43)41(23-31-32(37)12-7-13-33(31)38)34(22-26-8-3-2-4-9-26)36(44)40-28-10-5-6-11-28/h2-4,7-9,12-21,28,34H,5-6,10-11,22-24H2,1H3,(H,40,44)/t34-/m0/s1. The Hall–Kier alpha value is -3.92. The van der Waals surface area contributed by atoms with Gasteiger partial charge in [0.1, 0.15) is 18.4 Å². The summed E-state index contributed by atoms with van der Waals surface area (Å²) in [6.45, 7) is 1.07. The molecular weight excluding hydrogens is 660 g/mol. The van der Waals surface area contributed by atoms with Gasteiger partial charge in [-0.1, -0.05) is 90.1 Å². The summed E-state index contributed by atoms with van der Waals surface area (Å²) in [6, 6.07) is 24.4. The lowest BCUT2D eigenvalue weighted by Gasteiger charge is -2.34. The van der Waals surface area contributed by atoms with E-state index >= 15 is 0 Å². The van der Waals surface area contributed by atoms with Crippen LogP contribution < -0.4 is 9.62 Å². The Morgan fingerprint density at radius 1 is 0.872 bits per heavy atom. The van der Waals surface area contributed by atoms with E-state index in [2.05, 4.69) is 5.32 Å². The van der Waals surface area contributed by atoms with Crippen LogP contribution >= 0.6 is 23.2 Å². The molecule has 1 saturated carbocycles. The zero-order chi connectivity index (χ0) is 33.6. The molecule has 4 aromatic carbocycles. The molecule has 1 N–H and O–H groups in total. The number of carbonyl (C=O) groups is 2. The van der Waals surface area contributed by atoms with Crippen molar-refractivity contribution in [2.45, 2.75) is 62.6 Å².